The SMILES string of the molecule is C=C(C)C1CN(S(C)(=O)=O)C=C1/C=C/c1ccncc1. The molecular weight excluding hydrogens is 272 g/mol. The smallest absolute Gasteiger partial charge is 0.231 e. The molecule has 1 atom stereocenters. The van der Waals surface area contributed by atoms with E-state index in [1.165, 1.54) is 10.6 Å². The van der Waals surface area contributed by atoms with E-state index in [9.17, 15) is 8.42 Å². The first-order valence-corrected chi connectivity index (χ1v) is 8.15. The summed E-state index contributed by atoms with van der Waals surface area (Å²) in [6, 6.07) is 3.80. The molecule has 1 aliphatic rings. The Bertz CT molecular complexity index is 660. The van der Waals surface area contributed by atoms with Crippen LogP contribution in [0.3, 0.4) is 0 Å². The van der Waals surface area contributed by atoms with E-state index >= 15 is 0 Å². The van der Waals surface area contributed by atoms with Gasteiger partial charge in [0.25, 0.3) is 0 Å². The molecule has 0 N–H and O–H groups in total. The molecule has 2 rings (SSSR count). The van der Waals surface area contributed by atoms with E-state index < -0.39 is 10.0 Å². The third-order valence-electron chi connectivity index (χ3n) is 3.25. The van der Waals surface area contributed by atoms with Gasteiger partial charge in [-0.2, -0.15) is 0 Å². The highest BCUT2D eigenvalue weighted by atomic mass is 32.2. The summed E-state index contributed by atoms with van der Waals surface area (Å²) in [5.74, 6) is 0.0443. The Morgan fingerprint density at radius 1 is 1.40 bits per heavy atom. The zero-order valence-electron chi connectivity index (χ0n) is 11.7. The van der Waals surface area contributed by atoms with Gasteiger partial charge in [0.1, 0.15) is 0 Å². The van der Waals surface area contributed by atoms with Gasteiger partial charge in [0.2, 0.25) is 10.0 Å². The monoisotopic (exact) mass is 290 g/mol. The molecule has 20 heavy (non-hydrogen) atoms. The molecule has 1 aliphatic heterocycles. The molecule has 0 aromatic carbocycles. The van der Waals surface area contributed by atoms with Crippen molar-refractivity contribution >= 4 is 16.1 Å². The van der Waals surface area contributed by atoms with Crippen LogP contribution in [0.25, 0.3) is 6.08 Å². The average molecular weight is 290 g/mol. The second-order valence-corrected chi connectivity index (χ2v) is 6.91. The second kappa shape index (κ2) is 5.63. The van der Waals surface area contributed by atoms with Crippen LogP contribution in [0.1, 0.15) is 12.5 Å². The number of aromatic nitrogens is 1. The predicted molar refractivity (Wildman–Crippen MR) is 81.2 cm³/mol. The zero-order chi connectivity index (χ0) is 14.8. The predicted octanol–water partition coefficient (Wildman–Crippen LogP) is 2.45. The van der Waals surface area contributed by atoms with Crippen LogP contribution in [0, 0.1) is 5.92 Å². The van der Waals surface area contributed by atoms with Crippen LogP contribution in [-0.4, -0.2) is 30.5 Å². The summed E-state index contributed by atoms with van der Waals surface area (Å²) in [6.45, 7) is 6.31. The lowest BCUT2D eigenvalue weighted by atomic mass is 9.95. The Balaban J connectivity index is 2.27. The Hall–Kier alpha value is -1.88. The van der Waals surface area contributed by atoms with E-state index in [1.807, 2.05) is 31.2 Å². The minimum Gasteiger partial charge on any atom is -0.276 e. The van der Waals surface area contributed by atoms with Crippen LogP contribution in [0.15, 0.2) is 54.5 Å². The number of pyridine rings is 1. The standard InChI is InChI=1S/C15H18N2O2S/c1-12(2)15-11-17(20(3,18)19)10-14(15)5-4-13-6-8-16-9-7-13/h4-10,15H,1,11H2,2-3H3/b5-4+. The summed E-state index contributed by atoms with van der Waals surface area (Å²) in [7, 11) is -3.21. The number of allylic oxidation sites excluding steroid dienone is 1. The first-order chi connectivity index (χ1) is 9.38. The molecule has 1 unspecified atom stereocenters. The maximum absolute atomic E-state index is 11.6. The van der Waals surface area contributed by atoms with Crippen LogP contribution in [-0.2, 0) is 10.0 Å². The minimum absolute atomic E-state index is 0.0443. The molecule has 0 radical (unpaired) electrons. The fourth-order valence-electron chi connectivity index (χ4n) is 2.09. The highest BCUT2D eigenvalue weighted by Crippen LogP contribution is 2.30. The largest absolute Gasteiger partial charge is 0.276 e. The molecule has 1 aromatic rings. The number of nitrogens with zero attached hydrogens (tertiary/aromatic N) is 2. The summed E-state index contributed by atoms with van der Waals surface area (Å²) in [6.07, 6.45) is 10.2. The summed E-state index contributed by atoms with van der Waals surface area (Å²) in [4.78, 5) is 3.96. The molecule has 0 saturated carbocycles. The Morgan fingerprint density at radius 3 is 2.60 bits per heavy atom. The van der Waals surface area contributed by atoms with Gasteiger partial charge in [0.05, 0.1) is 6.26 Å². The molecule has 0 fully saturated rings. The van der Waals surface area contributed by atoms with Crippen molar-refractivity contribution in [1.29, 1.82) is 0 Å². The highest BCUT2D eigenvalue weighted by molar-refractivity contribution is 7.88. The fourth-order valence-corrected chi connectivity index (χ4v) is 2.83. The van der Waals surface area contributed by atoms with Crippen molar-refractivity contribution in [3.63, 3.8) is 0 Å². The highest BCUT2D eigenvalue weighted by Gasteiger charge is 2.28. The summed E-state index contributed by atoms with van der Waals surface area (Å²) < 4.78 is 24.7. The van der Waals surface area contributed by atoms with Gasteiger partial charge < -0.3 is 0 Å². The summed E-state index contributed by atoms with van der Waals surface area (Å²) in [5, 5.41) is 0. The molecule has 0 bridgehead atoms. The van der Waals surface area contributed by atoms with Gasteiger partial charge >= 0.3 is 0 Å². The first-order valence-electron chi connectivity index (χ1n) is 6.30. The first kappa shape index (κ1) is 14.5. The van der Waals surface area contributed by atoms with Crippen LogP contribution in [0.4, 0.5) is 0 Å². The summed E-state index contributed by atoms with van der Waals surface area (Å²) in [5.41, 5.74) is 2.95. The van der Waals surface area contributed by atoms with E-state index in [-0.39, 0.29) is 5.92 Å². The van der Waals surface area contributed by atoms with Gasteiger partial charge in [-0.1, -0.05) is 24.3 Å². The van der Waals surface area contributed by atoms with Crippen molar-refractivity contribution in [2.45, 2.75) is 6.92 Å². The lowest BCUT2D eigenvalue weighted by molar-refractivity contribution is 0.502. The van der Waals surface area contributed by atoms with Crippen molar-refractivity contribution in [2.24, 2.45) is 5.92 Å². The van der Waals surface area contributed by atoms with Gasteiger partial charge in [0, 0.05) is 31.1 Å². The van der Waals surface area contributed by atoms with E-state index in [1.54, 1.807) is 18.6 Å². The molecule has 0 saturated heterocycles. The molecule has 0 amide bonds. The molecule has 106 valence electrons. The van der Waals surface area contributed by atoms with E-state index in [0.717, 1.165) is 16.7 Å². The molecule has 5 heteroatoms. The number of hydrogen-bond donors (Lipinski definition) is 0. The van der Waals surface area contributed by atoms with Crippen molar-refractivity contribution in [3.8, 4) is 0 Å². The van der Waals surface area contributed by atoms with Crippen LogP contribution < -0.4 is 0 Å². The molecule has 0 spiro atoms. The van der Waals surface area contributed by atoms with Gasteiger partial charge in [0.15, 0.2) is 0 Å². The molecule has 1 aromatic heterocycles. The van der Waals surface area contributed by atoms with Crippen LogP contribution >= 0.6 is 0 Å². The number of sulfonamides is 1. The van der Waals surface area contributed by atoms with E-state index in [2.05, 4.69) is 11.6 Å². The van der Waals surface area contributed by atoms with E-state index in [0.29, 0.717) is 6.54 Å². The lowest BCUT2D eigenvalue weighted by Crippen LogP contribution is -2.25. The third kappa shape index (κ3) is 3.36. The Morgan fingerprint density at radius 2 is 2.05 bits per heavy atom. The normalized spacial score (nSPS) is 19.4. The van der Waals surface area contributed by atoms with Gasteiger partial charge in [-0.15, -0.1) is 0 Å². The Labute approximate surface area is 120 Å². The maximum atomic E-state index is 11.6. The molecule has 2 heterocycles. The zero-order valence-corrected chi connectivity index (χ0v) is 12.5. The Kier molecular flexibility index (Phi) is 4.09. The fraction of sp³-hybridized carbons (Fsp3) is 0.267. The quantitative estimate of drug-likeness (QED) is 0.800. The molecule has 4 nitrogen and oxygen atoms in total. The topological polar surface area (TPSA) is 50.3 Å². The van der Waals surface area contributed by atoms with Gasteiger partial charge in [-0.05, 0) is 30.2 Å². The molecule has 0 aliphatic carbocycles. The second-order valence-electron chi connectivity index (χ2n) is 4.97. The van der Waals surface area contributed by atoms with Gasteiger partial charge in [-0.25, -0.2) is 8.42 Å². The number of rotatable bonds is 4. The summed E-state index contributed by atoms with van der Waals surface area (Å²) >= 11 is 0. The van der Waals surface area contributed by atoms with Crippen molar-refractivity contribution in [3.05, 3.63) is 60.1 Å². The van der Waals surface area contributed by atoms with Crippen LogP contribution in [0.5, 0.6) is 0 Å². The van der Waals surface area contributed by atoms with Crippen molar-refractivity contribution < 1.29 is 8.42 Å². The minimum atomic E-state index is -3.21. The maximum Gasteiger partial charge on any atom is 0.231 e. The van der Waals surface area contributed by atoms with Gasteiger partial charge in [-0.3, -0.25) is 9.29 Å². The average Bonchev–Trinajstić information content (AvgIpc) is 2.82. The van der Waals surface area contributed by atoms with Crippen LogP contribution in [0.2, 0.25) is 0 Å². The molecular formula is C15H18N2O2S. The van der Waals surface area contributed by atoms with E-state index in [4.69, 9.17) is 0 Å². The number of hydrogen-bond acceptors (Lipinski definition) is 3. The van der Waals surface area contributed by atoms with Crippen molar-refractivity contribution in [1.82, 2.24) is 9.29 Å². The third-order valence-corrected chi connectivity index (χ3v) is 4.36. The lowest BCUT2D eigenvalue weighted by Gasteiger charge is -2.15. The van der Waals surface area contributed by atoms with Crippen molar-refractivity contribution in [2.75, 3.05) is 12.8 Å².